The molecule has 0 atom stereocenters. The van der Waals surface area contributed by atoms with Crippen LogP contribution in [0.3, 0.4) is 0 Å². The van der Waals surface area contributed by atoms with Crippen molar-refractivity contribution in [2.24, 2.45) is 5.73 Å². The van der Waals surface area contributed by atoms with Crippen molar-refractivity contribution < 1.29 is 9.59 Å². The van der Waals surface area contributed by atoms with Crippen molar-refractivity contribution in [3.05, 3.63) is 29.8 Å². The number of hydrogen-bond donors (Lipinski definition) is 3. The first-order valence-electron chi connectivity index (χ1n) is 8.07. The Balaban J connectivity index is 1.81. The van der Waals surface area contributed by atoms with Crippen LogP contribution in [0.15, 0.2) is 24.3 Å². The van der Waals surface area contributed by atoms with E-state index in [1.54, 1.807) is 38.1 Å². The summed E-state index contributed by atoms with van der Waals surface area (Å²) in [6.45, 7) is 7.09. The van der Waals surface area contributed by atoms with Gasteiger partial charge in [0.25, 0.3) is 5.91 Å². The van der Waals surface area contributed by atoms with E-state index in [1.165, 1.54) is 12.8 Å². The van der Waals surface area contributed by atoms with Crippen LogP contribution in [0.4, 0.5) is 5.69 Å². The average Bonchev–Trinajstić information content (AvgIpc) is 3.00. The minimum atomic E-state index is -0.939. The molecule has 6 nitrogen and oxygen atoms in total. The van der Waals surface area contributed by atoms with E-state index in [9.17, 15) is 9.59 Å². The van der Waals surface area contributed by atoms with E-state index < -0.39 is 5.54 Å². The number of benzene rings is 1. The van der Waals surface area contributed by atoms with Crippen molar-refractivity contribution in [3.8, 4) is 0 Å². The molecule has 1 aliphatic rings. The highest BCUT2D eigenvalue weighted by Gasteiger charge is 2.21. The van der Waals surface area contributed by atoms with Crippen molar-refractivity contribution in [1.82, 2.24) is 10.2 Å². The zero-order valence-electron chi connectivity index (χ0n) is 13.9. The second-order valence-electron chi connectivity index (χ2n) is 6.56. The number of carbonyl (C=O) groups excluding carboxylic acids is 2. The van der Waals surface area contributed by atoms with Gasteiger partial charge in [-0.25, -0.2) is 0 Å². The number of likely N-dealkylation sites (tertiary alicyclic amines) is 1. The van der Waals surface area contributed by atoms with Gasteiger partial charge in [-0.05, 0) is 64.0 Å². The van der Waals surface area contributed by atoms with E-state index in [2.05, 4.69) is 15.5 Å². The second kappa shape index (κ2) is 7.57. The largest absolute Gasteiger partial charge is 0.351 e. The van der Waals surface area contributed by atoms with Crippen molar-refractivity contribution in [3.63, 3.8) is 0 Å². The molecule has 1 fully saturated rings. The molecule has 0 aromatic heterocycles. The lowest BCUT2D eigenvalue weighted by atomic mass is 10.1. The Kier molecular flexibility index (Phi) is 5.74. The second-order valence-corrected chi connectivity index (χ2v) is 6.56. The molecule has 0 saturated carbocycles. The summed E-state index contributed by atoms with van der Waals surface area (Å²) in [6, 6.07) is 6.81. The number of nitrogens with zero attached hydrogens (tertiary/aromatic N) is 1. The van der Waals surface area contributed by atoms with Crippen molar-refractivity contribution >= 4 is 17.5 Å². The molecule has 0 radical (unpaired) electrons. The van der Waals surface area contributed by atoms with Crippen LogP contribution in [0.5, 0.6) is 0 Å². The molecule has 1 aromatic rings. The molecule has 6 heteroatoms. The number of rotatable bonds is 6. The molecule has 126 valence electrons. The molecule has 1 heterocycles. The third-order valence-corrected chi connectivity index (χ3v) is 3.90. The Labute approximate surface area is 137 Å². The Morgan fingerprint density at radius 3 is 2.35 bits per heavy atom. The Bertz CT molecular complexity index is 543. The van der Waals surface area contributed by atoms with Crippen LogP contribution in [-0.2, 0) is 4.79 Å². The minimum absolute atomic E-state index is 0.0961. The standard InChI is InChI=1S/C17H26N4O2/c1-17(2,18)16(23)20-14-7-5-13(6-8-14)15(22)19-9-12-21-10-3-4-11-21/h5-8H,3-4,9-12,18H2,1-2H3,(H,19,22)(H,20,23). The van der Waals surface area contributed by atoms with Gasteiger partial charge in [0.05, 0.1) is 5.54 Å². The molecule has 1 aliphatic heterocycles. The van der Waals surface area contributed by atoms with E-state index in [-0.39, 0.29) is 11.8 Å². The fourth-order valence-corrected chi connectivity index (χ4v) is 2.43. The summed E-state index contributed by atoms with van der Waals surface area (Å²) in [5.74, 6) is -0.360. The molecule has 23 heavy (non-hydrogen) atoms. The maximum Gasteiger partial charge on any atom is 0.251 e. The third-order valence-electron chi connectivity index (χ3n) is 3.90. The first-order chi connectivity index (χ1) is 10.9. The van der Waals surface area contributed by atoms with E-state index >= 15 is 0 Å². The molecule has 0 spiro atoms. The van der Waals surface area contributed by atoms with Crippen LogP contribution >= 0.6 is 0 Å². The highest BCUT2D eigenvalue weighted by atomic mass is 16.2. The average molecular weight is 318 g/mol. The van der Waals surface area contributed by atoms with Crippen molar-refractivity contribution in [2.75, 3.05) is 31.5 Å². The van der Waals surface area contributed by atoms with E-state index in [4.69, 9.17) is 5.73 Å². The van der Waals surface area contributed by atoms with Crippen LogP contribution in [0.2, 0.25) is 0 Å². The van der Waals surface area contributed by atoms with Gasteiger partial charge in [0, 0.05) is 24.3 Å². The summed E-state index contributed by atoms with van der Waals surface area (Å²) < 4.78 is 0. The number of anilines is 1. The molecule has 2 amide bonds. The lowest BCUT2D eigenvalue weighted by molar-refractivity contribution is -0.120. The number of hydrogen-bond acceptors (Lipinski definition) is 4. The van der Waals surface area contributed by atoms with Gasteiger partial charge in [-0.15, -0.1) is 0 Å². The molecule has 0 aliphatic carbocycles. The molecule has 2 rings (SSSR count). The van der Waals surface area contributed by atoms with Crippen LogP contribution in [0.25, 0.3) is 0 Å². The van der Waals surface area contributed by atoms with Crippen molar-refractivity contribution in [1.29, 1.82) is 0 Å². The predicted octanol–water partition coefficient (Wildman–Crippen LogP) is 1.19. The summed E-state index contributed by atoms with van der Waals surface area (Å²) in [7, 11) is 0. The van der Waals surface area contributed by atoms with Gasteiger partial charge < -0.3 is 21.3 Å². The first-order valence-corrected chi connectivity index (χ1v) is 8.07. The number of carbonyl (C=O) groups is 2. The summed E-state index contributed by atoms with van der Waals surface area (Å²) in [6.07, 6.45) is 2.50. The predicted molar refractivity (Wildman–Crippen MR) is 91.3 cm³/mol. The highest BCUT2D eigenvalue weighted by Crippen LogP contribution is 2.12. The molecular weight excluding hydrogens is 292 g/mol. The zero-order chi connectivity index (χ0) is 16.9. The van der Waals surface area contributed by atoms with E-state index in [1.807, 2.05) is 0 Å². The van der Waals surface area contributed by atoms with Gasteiger partial charge in [0.1, 0.15) is 0 Å². The smallest absolute Gasteiger partial charge is 0.251 e. The Morgan fingerprint density at radius 2 is 1.78 bits per heavy atom. The monoisotopic (exact) mass is 318 g/mol. The number of nitrogens with two attached hydrogens (primary N) is 1. The highest BCUT2D eigenvalue weighted by molar-refractivity contribution is 5.98. The summed E-state index contributed by atoms with van der Waals surface area (Å²) in [5.41, 5.74) is 6.00. The van der Waals surface area contributed by atoms with Gasteiger partial charge in [-0.2, -0.15) is 0 Å². The van der Waals surface area contributed by atoms with Crippen LogP contribution in [0, 0.1) is 0 Å². The van der Waals surface area contributed by atoms with E-state index in [0.29, 0.717) is 17.8 Å². The van der Waals surface area contributed by atoms with Crippen LogP contribution < -0.4 is 16.4 Å². The molecule has 4 N–H and O–H groups in total. The molecule has 1 saturated heterocycles. The first kappa shape index (κ1) is 17.4. The topological polar surface area (TPSA) is 87.5 Å². The molecule has 0 bridgehead atoms. The summed E-state index contributed by atoms with van der Waals surface area (Å²) in [4.78, 5) is 26.2. The van der Waals surface area contributed by atoms with Crippen LogP contribution in [0.1, 0.15) is 37.0 Å². The Morgan fingerprint density at radius 1 is 1.17 bits per heavy atom. The lowest BCUT2D eigenvalue weighted by Crippen LogP contribution is -2.45. The van der Waals surface area contributed by atoms with E-state index in [0.717, 1.165) is 19.6 Å². The summed E-state index contributed by atoms with van der Waals surface area (Å²) in [5, 5.41) is 5.65. The normalized spacial score (nSPS) is 15.4. The minimum Gasteiger partial charge on any atom is -0.351 e. The molecular formula is C17H26N4O2. The number of nitrogens with one attached hydrogen (secondary N) is 2. The number of amides is 2. The zero-order valence-corrected chi connectivity index (χ0v) is 13.9. The maximum atomic E-state index is 12.1. The maximum absolute atomic E-state index is 12.1. The van der Waals surface area contributed by atoms with Gasteiger partial charge >= 0.3 is 0 Å². The van der Waals surface area contributed by atoms with Gasteiger partial charge in [0.2, 0.25) is 5.91 Å². The Hall–Kier alpha value is -1.92. The fourth-order valence-electron chi connectivity index (χ4n) is 2.43. The lowest BCUT2D eigenvalue weighted by Gasteiger charge is -2.18. The van der Waals surface area contributed by atoms with Crippen molar-refractivity contribution in [2.45, 2.75) is 32.2 Å². The third kappa shape index (κ3) is 5.33. The summed E-state index contributed by atoms with van der Waals surface area (Å²) >= 11 is 0. The van der Waals surface area contributed by atoms with Crippen LogP contribution in [-0.4, -0.2) is 48.4 Å². The fraction of sp³-hybridized carbons (Fsp3) is 0.529. The molecule has 0 unspecified atom stereocenters. The van der Waals surface area contributed by atoms with Gasteiger partial charge in [-0.3, -0.25) is 9.59 Å². The molecule has 1 aromatic carbocycles. The van der Waals surface area contributed by atoms with Gasteiger partial charge in [-0.1, -0.05) is 0 Å². The SMILES string of the molecule is CC(C)(N)C(=O)Nc1ccc(C(=O)NCCN2CCCC2)cc1. The van der Waals surface area contributed by atoms with Gasteiger partial charge in [0.15, 0.2) is 0 Å². The quantitative estimate of drug-likeness (QED) is 0.735.